The average Bonchev–Trinajstić information content (AvgIpc) is 2.53. The fourth-order valence-electron chi connectivity index (χ4n) is 2.69. The molecule has 0 amide bonds. The van der Waals surface area contributed by atoms with E-state index in [1.54, 1.807) is 4.90 Å². The highest BCUT2D eigenvalue weighted by Gasteiger charge is 2.23. The minimum Gasteiger partial charge on any atom is -0.247 e. The third-order valence-electron chi connectivity index (χ3n) is 3.57. The first kappa shape index (κ1) is 10.9. The van der Waals surface area contributed by atoms with Crippen molar-refractivity contribution < 1.29 is 0 Å². The molecule has 0 radical (unpaired) electrons. The number of hydrogen-bond acceptors (Lipinski definition) is 2. The first-order chi connectivity index (χ1) is 8.81. The van der Waals surface area contributed by atoms with E-state index in [9.17, 15) is 5.26 Å². The van der Waals surface area contributed by atoms with Gasteiger partial charge in [0.05, 0.1) is 11.4 Å². The number of hydrogen-bond donors (Lipinski definition) is 0. The molecule has 0 spiro atoms. The second-order valence-electron chi connectivity index (χ2n) is 4.73. The summed E-state index contributed by atoms with van der Waals surface area (Å²) in [6.07, 6.45) is 3.29. The smallest absolute Gasteiger partial charge is 0.189 e. The van der Waals surface area contributed by atoms with Crippen LogP contribution < -0.4 is 4.90 Å². The lowest BCUT2D eigenvalue weighted by molar-refractivity contribution is 0.769. The first-order valence-corrected chi connectivity index (χ1v) is 6.18. The van der Waals surface area contributed by atoms with E-state index in [1.165, 1.54) is 11.1 Å². The molecule has 1 heterocycles. The van der Waals surface area contributed by atoms with E-state index in [-0.39, 0.29) is 0 Å². The van der Waals surface area contributed by atoms with Crippen molar-refractivity contribution in [3.8, 4) is 6.19 Å². The summed E-state index contributed by atoms with van der Waals surface area (Å²) in [6.45, 7) is 2.22. The zero-order valence-corrected chi connectivity index (χ0v) is 10.3. The molecule has 2 heteroatoms. The molecule has 0 aliphatic carbocycles. The van der Waals surface area contributed by atoms with Crippen LogP contribution in [0.15, 0.2) is 48.5 Å². The summed E-state index contributed by atoms with van der Waals surface area (Å²) in [6, 6.07) is 16.3. The highest BCUT2D eigenvalue weighted by molar-refractivity contribution is 5.74. The summed E-state index contributed by atoms with van der Waals surface area (Å²) >= 11 is 0. The zero-order valence-electron chi connectivity index (χ0n) is 10.3. The fourth-order valence-corrected chi connectivity index (χ4v) is 2.69. The maximum absolute atomic E-state index is 9.47. The lowest BCUT2D eigenvalue weighted by Gasteiger charge is -2.18. The molecule has 3 rings (SSSR count). The van der Waals surface area contributed by atoms with Gasteiger partial charge in [-0.05, 0) is 35.6 Å². The van der Waals surface area contributed by atoms with Crippen LogP contribution in [0.1, 0.15) is 24.0 Å². The van der Waals surface area contributed by atoms with Crippen molar-refractivity contribution in [1.29, 1.82) is 5.26 Å². The molecule has 1 atom stereocenters. The number of benzene rings is 2. The van der Waals surface area contributed by atoms with E-state index in [1.807, 2.05) is 36.4 Å². The summed E-state index contributed by atoms with van der Waals surface area (Å²) in [7, 11) is 0. The van der Waals surface area contributed by atoms with Gasteiger partial charge in [-0.3, -0.25) is 0 Å². The highest BCUT2D eigenvalue weighted by Crippen LogP contribution is 2.39. The van der Waals surface area contributed by atoms with Crippen LogP contribution in [0.4, 0.5) is 11.4 Å². The third-order valence-corrected chi connectivity index (χ3v) is 3.57. The maximum Gasteiger partial charge on any atom is 0.189 e. The fraction of sp³-hybridized carbons (Fsp3) is 0.188. The van der Waals surface area contributed by atoms with Gasteiger partial charge in [0.2, 0.25) is 0 Å². The Morgan fingerprint density at radius 1 is 1.06 bits per heavy atom. The number of para-hydroxylation sites is 2. The van der Waals surface area contributed by atoms with Crippen LogP contribution in [0.3, 0.4) is 0 Å². The molecule has 0 bridgehead atoms. The summed E-state index contributed by atoms with van der Waals surface area (Å²) < 4.78 is 0. The molecule has 0 N–H and O–H groups in total. The van der Waals surface area contributed by atoms with Crippen molar-refractivity contribution in [1.82, 2.24) is 0 Å². The lowest BCUT2D eigenvalue weighted by Crippen LogP contribution is -2.10. The van der Waals surface area contributed by atoms with Crippen molar-refractivity contribution in [3.05, 3.63) is 59.7 Å². The first-order valence-electron chi connectivity index (χ1n) is 6.18. The summed E-state index contributed by atoms with van der Waals surface area (Å²) in [4.78, 5) is 1.74. The van der Waals surface area contributed by atoms with Gasteiger partial charge in [0, 0.05) is 0 Å². The van der Waals surface area contributed by atoms with Crippen LogP contribution in [0.5, 0.6) is 0 Å². The third kappa shape index (κ3) is 1.56. The van der Waals surface area contributed by atoms with Crippen LogP contribution in [0.25, 0.3) is 0 Å². The topological polar surface area (TPSA) is 27.0 Å². The SMILES string of the molecule is CC1Cc2ccccc2N(C#N)c2ccccc21. The molecule has 2 nitrogen and oxygen atoms in total. The molecule has 88 valence electrons. The Hall–Kier alpha value is -2.27. The predicted octanol–water partition coefficient (Wildman–Crippen LogP) is 3.97. The van der Waals surface area contributed by atoms with E-state index >= 15 is 0 Å². The Bertz CT molecular complexity index is 625. The van der Waals surface area contributed by atoms with Crippen LogP contribution in [-0.2, 0) is 6.42 Å². The number of nitriles is 1. The molecule has 2 aromatic rings. The number of rotatable bonds is 0. The standard InChI is InChI=1S/C16H14N2/c1-12-10-13-6-2-4-8-15(13)18(11-17)16-9-5-3-7-14(12)16/h2-9,12H,10H2,1H3. The molecular formula is C16H14N2. The summed E-state index contributed by atoms with van der Waals surface area (Å²) in [5, 5.41) is 9.47. The molecule has 1 unspecified atom stereocenters. The number of fused-ring (bicyclic) bond motifs is 2. The second-order valence-corrected chi connectivity index (χ2v) is 4.73. The number of anilines is 2. The van der Waals surface area contributed by atoms with E-state index in [0.29, 0.717) is 5.92 Å². The molecule has 0 fully saturated rings. The highest BCUT2D eigenvalue weighted by atomic mass is 15.1. The minimum absolute atomic E-state index is 0.431. The average molecular weight is 234 g/mol. The largest absolute Gasteiger partial charge is 0.247 e. The lowest BCUT2D eigenvalue weighted by atomic mass is 9.94. The Morgan fingerprint density at radius 2 is 1.72 bits per heavy atom. The van der Waals surface area contributed by atoms with Gasteiger partial charge in [0.25, 0.3) is 0 Å². The second kappa shape index (κ2) is 4.19. The quantitative estimate of drug-likeness (QED) is 0.645. The number of nitrogens with zero attached hydrogens (tertiary/aromatic N) is 2. The monoisotopic (exact) mass is 234 g/mol. The van der Waals surface area contributed by atoms with Crippen molar-refractivity contribution in [2.45, 2.75) is 19.3 Å². The van der Waals surface area contributed by atoms with Crippen LogP contribution in [-0.4, -0.2) is 0 Å². The van der Waals surface area contributed by atoms with Crippen molar-refractivity contribution in [3.63, 3.8) is 0 Å². The van der Waals surface area contributed by atoms with Gasteiger partial charge in [0.1, 0.15) is 0 Å². The van der Waals surface area contributed by atoms with Crippen molar-refractivity contribution in [2.24, 2.45) is 0 Å². The molecule has 2 aromatic carbocycles. The van der Waals surface area contributed by atoms with Gasteiger partial charge in [0.15, 0.2) is 6.19 Å². The minimum atomic E-state index is 0.431. The van der Waals surface area contributed by atoms with Crippen LogP contribution in [0.2, 0.25) is 0 Å². The molecule has 0 aromatic heterocycles. The van der Waals surface area contributed by atoms with E-state index < -0.39 is 0 Å². The van der Waals surface area contributed by atoms with E-state index in [0.717, 1.165) is 17.8 Å². The summed E-state index contributed by atoms with van der Waals surface area (Å²) in [5.74, 6) is 0.431. The molecular weight excluding hydrogens is 220 g/mol. The Balaban J connectivity index is 2.27. The van der Waals surface area contributed by atoms with Gasteiger partial charge in [-0.25, -0.2) is 4.90 Å². The Morgan fingerprint density at radius 3 is 2.50 bits per heavy atom. The molecule has 18 heavy (non-hydrogen) atoms. The Kier molecular flexibility index (Phi) is 2.53. The van der Waals surface area contributed by atoms with E-state index in [2.05, 4.69) is 25.2 Å². The normalized spacial score (nSPS) is 17.3. The predicted molar refractivity (Wildman–Crippen MR) is 72.8 cm³/mol. The van der Waals surface area contributed by atoms with Gasteiger partial charge < -0.3 is 0 Å². The zero-order chi connectivity index (χ0) is 12.5. The summed E-state index contributed by atoms with van der Waals surface area (Å²) in [5.41, 5.74) is 4.51. The molecule has 0 saturated heterocycles. The van der Waals surface area contributed by atoms with Crippen molar-refractivity contribution in [2.75, 3.05) is 4.90 Å². The van der Waals surface area contributed by atoms with Gasteiger partial charge in [-0.15, -0.1) is 0 Å². The molecule has 1 aliphatic rings. The van der Waals surface area contributed by atoms with Crippen LogP contribution in [0, 0.1) is 11.5 Å². The Labute approximate surface area is 107 Å². The van der Waals surface area contributed by atoms with Crippen molar-refractivity contribution >= 4 is 11.4 Å². The molecule has 1 aliphatic heterocycles. The van der Waals surface area contributed by atoms with Gasteiger partial charge in [-0.1, -0.05) is 43.3 Å². The van der Waals surface area contributed by atoms with Gasteiger partial charge in [-0.2, -0.15) is 5.26 Å². The van der Waals surface area contributed by atoms with Crippen LogP contribution >= 0.6 is 0 Å². The maximum atomic E-state index is 9.47. The molecule has 0 saturated carbocycles. The van der Waals surface area contributed by atoms with Gasteiger partial charge >= 0.3 is 0 Å². The van der Waals surface area contributed by atoms with E-state index in [4.69, 9.17) is 0 Å².